The minimum Gasteiger partial charge on any atom is -0.480 e. The van der Waals surface area contributed by atoms with Gasteiger partial charge in [-0.1, -0.05) is 48.5 Å². The molecule has 0 aliphatic heterocycles. The normalized spacial score (nSPS) is 12.1. The van der Waals surface area contributed by atoms with Crippen molar-refractivity contribution in [2.75, 3.05) is 37.0 Å². The third kappa shape index (κ3) is 5.32. The molecule has 0 fully saturated rings. The first-order valence-corrected chi connectivity index (χ1v) is 12.4. The monoisotopic (exact) mass is 494 g/mol. The summed E-state index contributed by atoms with van der Waals surface area (Å²) in [4.78, 5) is 38.2. The maximum absolute atomic E-state index is 13.0. The van der Waals surface area contributed by atoms with Crippen LogP contribution < -0.4 is 5.32 Å². The molecule has 3 aromatic rings. The van der Waals surface area contributed by atoms with Crippen LogP contribution in [0.1, 0.15) is 27.5 Å². The molecule has 2 amide bonds. The molecule has 10 heteroatoms. The van der Waals surface area contributed by atoms with Gasteiger partial charge in [0.15, 0.2) is 5.69 Å². The van der Waals surface area contributed by atoms with E-state index in [4.69, 9.17) is 4.74 Å². The lowest BCUT2D eigenvalue weighted by Gasteiger charge is -2.20. The van der Waals surface area contributed by atoms with Crippen LogP contribution in [-0.2, 0) is 16.6 Å². The first-order valence-electron chi connectivity index (χ1n) is 11.0. The van der Waals surface area contributed by atoms with E-state index in [9.17, 15) is 19.5 Å². The van der Waals surface area contributed by atoms with Crippen LogP contribution in [0.4, 0.5) is 10.5 Å². The van der Waals surface area contributed by atoms with Crippen molar-refractivity contribution in [2.45, 2.75) is 5.92 Å². The summed E-state index contributed by atoms with van der Waals surface area (Å²) in [7, 11) is 1.61. The Kier molecular flexibility index (Phi) is 7.40. The largest absolute Gasteiger partial charge is 0.480 e. The second-order valence-corrected chi connectivity index (χ2v) is 9.11. The molecule has 1 aromatic heterocycles. The molecule has 9 nitrogen and oxygen atoms in total. The lowest BCUT2D eigenvalue weighted by molar-refractivity contribution is -0.137. The van der Waals surface area contributed by atoms with E-state index in [1.165, 1.54) is 27.5 Å². The van der Waals surface area contributed by atoms with Gasteiger partial charge in [0, 0.05) is 31.5 Å². The first kappa shape index (κ1) is 24.3. The van der Waals surface area contributed by atoms with E-state index in [1.54, 1.807) is 7.05 Å². The molecule has 0 unspecified atom stereocenters. The van der Waals surface area contributed by atoms with Gasteiger partial charge in [-0.3, -0.25) is 19.6 Å². The Morgan fingerprint density at radius 2 is 1.74 bits per heavy atom. The van der Waals surface area contributed by atoms with Crippen LogP contribution in [0.25, 0.3) is 11.1 Å². The number of amides is 2. The number of ether oxygens (including phenoxy) is 1. The fraction of sp³-hybridized carbons (Fsp3) is 0.280. The van der Waals surface area contributed by atoms with Gasteiger partial charge in [0.25, 0.3) is 5.91 Å². The Bertz CT molecular complexity index is 1210. The Morgan fingerprint density at radius 3 is 2.34 bits per heavy atom. The van der Waals surface area contributed by atoms with Crippen molar-refractivity contribution in [2.24, 2.45) is 7.05 Å². The molecule has 0 atom stereocenters. The van der Waals surface area contributed by atoms with Gasteiger partial charge in [-0.05, 0) is 28.5 Å². The lowest BCUT2D eigenvalue weighted by atomic mass is 9.98. The molecule has 35 heavy (non-hydrogen) atoms. The van der Waals surface area contributed by atoms with Gasteiger partial charge < -0.3 is 14.7 Å². The molecule has 1 aliphatic rings. The van der Waals surface area contributed by atoms with Crippen LogP contribution >= 0.6 is 11.8 Å². The number of aromatic nitrogens is 2. The predicted octanol–water partition coefficient (Wildman–Crippen LogP) is 3.67. The van der Waals surface area contributed by atoms with E-state index in [0.29, 0.717) is 5.75 Å². The zero-order valence-electron chi connectivity index (χ0n) is 19.4. The molecule has 2 N–H and O–H groups in total. The van der Waals surface area contributed by atoms with Crippen molar-refractivity contribution in [3.63, 3.8) is 0 Å². The van der Waals surface area contributed by atoms with Crippen LogP contribution in [-0.4, -0.2) is 69.5 Å². The third-order valence-corrected chi connectivity index (χ3v) is 6.38. The summed E-state index contributed by atoms with van der Waals surface area (Å²) in [5.74, 6) is -1.22. The van der Waals surface area contributed by atoms with Gasteiger partial charge in [0.1, 0.15) is 13.2 Å². The van der Waals surface area contributed by atoms with E-state index in [0.717, 1.165) is 22.3 Å². The summed E-state index contributed by atoms with van der Waals surface area (Å²) in [6.45, 7) is -0.0874. The van der Waals surface area contributed by atoms with Gasteiger partial charge in [-0.15, -0.1) is 0 Å². The average molecular weight is 495 g/mol. The van der Waals surface area contributed by atoms with Crippen molar-refractivity contribution >= 4 is 35.4 Å². The van der Waals surface area contributed by atoms with Gasteiger partial charge in [0.2, 0.25) is 0 Å². The second-order valence-electron chi connectivity index (χ2n) is 8.13. The smallest absolute Gasteiger partial charge is 0.411 e. The highest BCUT2D eigenvalue weighted by atomic mass is 32.2. The molecule has 0 saturated heterocycles. The fourth-order valence-electron chi connectivity index (χ4n) is 4.25. The number of aryl methyl sites for hydroxylation is 1. The number of carboxylic acids is 1. The number of carboxylic acid groups (broad SMARTS) is 1. The number of hydrogen-bond donors (Lipinski definition) is 2. The van der Waals surface area contributed by atoms with Crippen LogP contribution in [0.3, 0.4) is 0 Å². The maximum atomic E-state index is 13.0. The van der Waals surface area contributed by atoms with Gasteiger partial charge in [0.05, 0.1) is 5.69 Å². The fourth-order valence-corrected chi connectivity index (χ4v) is 4.65. The standard InChI is InChI=1S/C25H26N4O5S/c1-28-13-21(23(27-28)24(32)29(11-12-35-2)14-22(30)31)26-25(33)34-15-20-18-9-5-3-7-16(18)17-8-4-6-10-19(17)20/h3-10,13,20H,11-12,14-15H2,1-2H3,(H,26,33)(H,30,31). The number of rotatable bonds is 9. The summed E-state index contributed by atoms with van der Waals surface area (Å²) < 4.78 is 6.96. The highest BCUT2D eigenvalue weighted by molar-refractivity contribution is 7.98. The molecule has 1 heterocycles. The van der Waals surface area contributed by atoms with Crippen LogP contribution in [0.15, 0.2) is 54.7 Å². The number of hydrogen-bond acceptors (Lipinski definition) is 6. The summed E-state index contributed by atoms with van der Waals surface area (Å²) in [5.41, 5.74) is 4.56. The molecule has 0 spiro atoms. The zero-order chi connectivity index (χ0) is 24.9. The predicted molar refractivity (Wildman–Crippen MR) is 134 cm³/mol. The number of thioether (sulfide) groups is 1. The van der Waals surface area contributed by atoms with Crippen molar-refractivity contribution in [1.82, 2.24) is 14.7 Å². The summed E-state index contributed by atoms with van der Waals surface area (Å²) in [5, 5.41) is 16.0. The molecule has 4 rings (SSSR count). The maximum Gasteiger partial charge on any atom is 0.411 e. The Hall–Kier alpha value is -3.79. The highest BCUT2D eigenvalue weighted by Crippen LogP contribution is 2.44. The van der Waals surface area contributed by atoms with E-state index in [2.05, 4.69) is 22.5 Å². The number of carbonyl (C=O) groups is 3. The van der Waals surface area contributed by atoms with Crippen molar-refractivity contribution < 1.29 is 24.2 Å². The number of aliphatic carboxylic acids is 1. The quantitative estimate of drug-likeness (QED) is 0.467. The van der Waals surface area contributed by atoms with E-state index in [-0.39, 0.29) is 30.5 Å². The first-order chi connectivity index (χ1) is 16.9. The molecular weight excluding hydrogens is 468 g/mol. The van der Waals surface area contributed by atoms with Gasteiger partial charge >= 0.3 is 12.1 Å². The third-order valence-electron chi connectivity index (χ3n) is 5.79. The average Bonchev–Trinajstić information content (AvgIpc) is 3.37. The number of anilines is 1. The zero-order valence-corrected chi connectivity index (χ0v) is 20.2. The highest BCUT2D eigenvalue weighted by Gasteiger charge is 2.30. The minimum absolute atomic E-state index is 0.0386. The number of nitrogens with zero attached hydrogens (tertiary/aromatic N) is 3. The number of fused-ring (bicyclic) bond motifs is 3. The molecule has 0 saturated carbocycles. The molecule has 0 radical (unpaired) electrons. The lowest BCUT2D eigenvalue weighted by Crippen LogP contribution is -2.38. The summed E-state index contributed by atoms with van der Waals surface area (Å²) in [6, 6.07) is 16.1. The molecule has 1 aliphatic carbocycles. The molecule has 182 valence electrons. The van der Waals surface area contributed by atoms with E-state index >= 15 is 0 Å². The molecule has 0 bridgehead atoms. The second kappa shape index (κ2) is 10.6. The minimum atomic E-state index is -1.12. The topological polar surface area (TPSA) is 114 Å². The Morgan fingerprint density at radius 1 is 1.11 bits per heavy atom. The van der Waals surface area contributed by atoms with Crippen LogP contribution in [0.5, 0.6) is 0 Å². The SMILES string of the molecule is CSCCN(CC(=O)O)C(=O)c1nn(C)cc1NC(=O)OCC1c2ccccc2-c2ccccc21. The number of carbonyl (C=O) groups excluding carboxylic acids is 2. The van der Waals surface area contributed by atoms with Crippen molar-refractivity contribution in [3.8, 4) is 11.1 Å². The Balaban J connectivity index is 1.47. The van der Waals surface area contributed by atoms with Crippen LogP contribution in [0.2, 0.25) is 0 Å². The van der Waals surface area contributed by atoms with Crippen molar-refractivity contribution in [1.29, 1.82) is 0 Å². The van der Waals surface area contributed by atoms with Gasteiger partial charge in [-0.25, -0.2) is 4.79 Å². The Labute approximate surface area is 207 Å². The number of benzene rings is 2. The molecule has 2 aromatic carbocycles. The van der Waals surface area contributed by atoms with E-state index in [1.807, 2.05) is 42.7 Å². The van der Waals surface area contributed by atoms with Crippen molar-refractivity contribution in [3.05, 3.63) is 71.5 Å². The summed E-state index contributed by atoms with van der Waals surface area (Å²) in [6.07, 6.45) is 2.64. The number of nitrogens with one attached hydrogen (secondary N) is 1. The summed E-state index contributed by atoms with van der Waals surface area (Å²) >= 11 is 1.50. The molecular formula is C25H26N4O5S. The van der Waals surface area contributed by atoms with Gasteiger partial charge in [-0.2, -0.15) is 16.9 Å². The van der Waals surface area contributed by atoms with E-state index < -0.39 is 24.5 Å². The van der Waals surface area contributed by atoms with Crippen LogP contribution in [0, 0.1) is 0 Å².